The maximum absolute atomic E-state index is 12.0. The van der Waals surface area contributed by atoms with Gasteiger partial charge in [-0.1, -0.05) is 0 Å². The molecule has 20 heavy (non-hydrogen) atoms. The van der Waals surface area contributed by atoms with Crippen molar-refractivity contribution in [1.82, 2.24) is 4.72 Å². The number of benzene rings is 1. The summed E-state index contributed by atoms with van der Waals surface area (Å²) < 4.78 is 48.3. The molecule has 0 aliphatic carbocycles. The van der Waals surface area contributed by atoms with Crippen molar-refractivity contribution in [2.45, 2.75) is 23.5 Å². The van der Waals surface area contributed by atoms with E-state index in [1.807, 2.05) is 0 Å². The van der Waals surface area contributed by atoms with E-state index in [1.54, 1.807) is 0 Å². The Bertz CT molecular complexity index is 664. The van der Waals surface area contributed by atoms with Crippen LogP contribution in [0.1, 0.15) is 13.8 Å². The molecule has 0 unspecified atom stereocenters. The van der Waals surface area contributed by atoms with E-state index in [-0.39, 0.29) is 11.4 Å². The van der Waals surface area contributed by atoms with Crippen molar-refractivity contribution in [2.24, 2.45) is 5.84 Å². The summed E-state index contributed by atoms with van der Waals surface area (Å²) in [7, 11) is -7.13. The number of sulfone groups is 1. The monoisotopic (exact) mass is 321 g/mol. The van der Waals surface area contributed by atoms with E-state index in [4.69, 9.17) is 5.84 Å². The van der Waals surface area contributed by atoms with Crippen molar-refractivity contribution in [2.75, 3.05) is 18.2 Å². The van der Waals surface area contributed by atoms with E-state index in [0.717, 1.165) is 6.26 Å². The molecule has 0 bridgehead atoms. The molecule has 0 radical (unpaired) electrons. The Morgan fingerprint density at radius 3 is 2.00 bits per heavy atom. The lowest BCUT2D eigenvalue weighted by Gasteiger charge is -2.22. The quantitative estimate of drug-likeness (QED) is 0.504. The number of anilines is 1. The number of nitrogens with one attached hydrogen (secondary N) is 2. The topological polar surface area (TPSA) is 118 Å². The van der Waals surface area contributed by atoms with Gasteiger partial charge >= 0.3 is 0 Å². The molecule has 0 aliphatic heterocycles. The largest absolute Gasteiger partial charge is 0.324 e. The first-order valence-corrected chi connectivity index (χ1v) is 9.13. The smallest absolute Gasteiger partial charge is 0.240 e. The maximum Gasteiger partial charge on any atom is 0.240 e. The summed E-state index contributed by atoms with van der Waals surface area (Å²) in [6, 6.07) is 5.78. The minimum atomic E-state index is -3.76. The molecule has 9 heteroatoms. The van der Waals surface area contributed by atoms with Crippen LogP contribution in [0, 0.1) is 0 Å². The summed E-state index contributed by atoms with van der Waals surface area (Å²) in [5, 5.41) is 0. The number of nitrogens with two attached hydrogens (primary N) is 1. The molecule has 0 atom stereocenters. The summed E-state index contributed by atoms with van der Waals surface area (Å²) in [6.45, 7) is 2.73. The molecule has 7 nitrogen and oxygen atoms in total. The van der Waals surface area contributed by atoms with E-state index in [1.165, 1.54) is 38.1 Å². The van der Waals surface area contributed by atoms with Gasteiger partial charge in [0.05, 0.1) is 9.64 Å². The second-order valence-corrected chi connectivity index (χ2v) is 9.44. The van der Waals surface area contributed by atoms with Gasteiger partial charge in [-0.25, -0.2) is 21.6 Å². The minimum absolute atomic E-state index is 0.0424. The van der Waals surface area contributed by atoms with Crippen LogP contribution in [0.3, 0.4) is 0 Å². The zero-order valence-corrected chi connectivity index (χ0v) is 13.2. The highest BCUT2D eigenvalue weighted by Gasteiger charge is 2.31. The SMILES string of the molecule is CC(C)(CNS(=O)(=O)c1ccc(NN)cc1)S(C)(=O)=O. The molecular weight excluding hydrogens is 302 g/mol. The Labute approximate surface area is 119 Å². The normalized spacial score (nSPS) is 13.2. The molecular formula is C11H19N3O4S2. The second-order valence-electron chi connectivity index (χ2n) is 5.03. The lowest BCUT2D eigenvalue weighted by Crippen LogP contribution is -2.43. The predicted molar refractivity (Wildman–Crippen MR) is 78.4 cm³/mol. The van der Waals surface area contributed by atoms with Gasteiger partial charge in [-0.05, 0) is 38.1 Å². The van der Waals surface area contributed by atoms with Gasteiger partial charge in [-0.2, -0.15) is 0 Å². The number of sulfonamides is 1. The van der Waals surface area contributed by atoms with Crippen LogP contribution in [0.25, 0.3) is 0 Å². The van der Waals surface area contributed by atoms with Crippen LogP contribution in [0.4, 0.5) is 5.69 Å². The second kappa shape index (κ2) is 5.68. The highest BCUT2D eigenvalue weighted by atomic mass is 32.2. The van der Waals surface area contributed by atoms with Crippen LogP contribution in [0.5, 0.6) is 0 Å². The fourth-order valence-corrected chi connectivity index (χ4v) is 2.85. The summed E-state index contributed by atoms with van der Waals surface area (Å²) in [5.41, 5.74) is 2.96. The molecule has 114 valence electrons. The highest BCUT2D eigenvalue weighted by Crippen LogP contribution is 2.17. The van der Waals surface area contributed by atoms with Crippen LogP contribution >= 0.6 is 0 Å². The molecule has 0 spiro atoms. The molecule has 1 aromatic rings. The van der Waals surface area contributed by atoms with E-state index in [2.05, 4.69) is 10.1 Å². The fraction of sp³-hybridized carbons (Fsp3) is 0.455. The fourth-order valence-electron chi connectivity index (χ4n) is 1.21. The van der Waals surface area contributed by atoms with Gasteiger partial charge in [0.2, 0.25) is 10.0 Å². The van der Waals surface area contributed by atoms with Crippen LogP contribution < -0.4 is 16.0 Å². The van der Waals surface area contributed by atoms with Gasteiger partial charge < -0.3 is 5.43 Å². The van der Waals surface area contributed by atoms with Crippen molar-refractivity contribution in [3.05, 3.63) is 24.3 Å². The lowest BCUT2D eigenvalue weighted by atomic mass is 10.2. The predicted octanol–water partition coefficient (Wildman–Crippen LogP) is 0.0737. The van der Waals surface area contributed by atoms with Gasteiger partial charge in [-0.3, -0.25) is 5.84 Å². The van der Waals surface area contributed by atoms with Gasteiger partial charge in [0.1, 0.15) is 0 Å². The molecule has 0 fully saturated rings. The highest BCUT2D eigenvalue weighted by molar-refractivity contribution is 7.92. The molecule has 0 heterocycles. The average molecular weight is 321 g/mol. The van der Waals surface area contributed by atoms with Crippen molar-refractivity contribution in [3.63, 3.8) is 0 Å². The molecule has 0 saturated carbocycles. The zero-order valence-electron chi connectivity index (χ0n) is 11.5. The number of hydrogen-bond acceptors (Lipinski definition) is 6. The Kier molecular flexibility index (Phi) is 4.80. The first-order valence-electron chi connectivity index (χ1n) is 5.75. The third kappa shape index (κ3) is 3.92. The van der Waals surface area contributed by atoms with E-state index < -0.39 is 24.6 Å². The third-order valence-electron chi connectivity index (χ3n) is 3.02. The van der Waals surface area contributed by atoms with Gasteiger partial charge in [-0.15, -0.1) is 0 Å². The first-order chi connectivity index (χ1) is 8.99. The van der Waals surface area contributed by atoms with Crippen molar-refractivity contribution in [1.29, 1.82) is 0 Å². The van der Waals surface area contributed by atoms with Crippen molar-refractivity contribution < 1.29 is 16.8 Å². The average Bonchev–Trinajstić information content (AvgIpc) is 2.35. The van der Waals surface area contributed by atoms with E-state index >= 15 is 0 Å². The van der Waals surface area contributed by atoms with E-state index in [9.17, 15) is 16.8 Å². The van der Waals surface area contributed by atoms with Crippen LogP contribution in [-0.2, 0) is 19.9 Å². The number of hydrogen-bond donors (Lipinski definition) is 3. The van der Waals surface area contributed by atoms with Crippen LogP contribution in [0.2, 0.25) is 0 Å². The zero-order chi connectivity index (χ0) is 15.6. The van der Waals surface area contributed by atoms with Crippen molar-refractivity contribution >= 4 is 25.5 Å². The van der Waals surface area contributed by atoms with Crippen molar-refractivity contribution in [3.8, 4) is 0 Å². The van der Waals surface area contributed by atoms with E-state index in [0.29, 0.717) is 5.69 Å². The lowest BCUT2D eigenvalue weighted by molar-refractivity contribution is 0.537. The molecule has 0 saturated heterocycles. The molecule has 0 aromatic heterocycles. The molecule has 0 amide bonds. The van der Waals surface area contributed by atoms with Gasteiger partial charge in [0, 0.05) is 18.5 Å². The first kappa shape index (κ1) is 16.9. The molecule has 0 aliphatic rings. The summed E-state index contributed by atoms with van der Waals surface area (Å²) in [6.07, 6.45) is 1.07. The van der Waals surface area contributed by atoms with Gasteiger partial charge in [0.15, 0.2) is 9.84 Å². The Morgan fingerprint density at radius 1 is 1.10 bits per heavy atom. The van der Waals surface area contributed by atoms with Gasteiger partial charge in [0.25, 0.3) is 0 Å². The molecule has 1 rings (SSSR count). The Morgan fingerprint density at radius 2 is 1.60 bits per heavy atom. The minimum Gasteiger partial charge on any atom is -0.324 e. The Hall–Kier alpha value is -1.16. The molecule has 4 N–H and O–H groups in total. The third-order valence-corrected chi connectivity index (χ3v) is 6.59. The summed E-state index contributed by atoms with van der Waals surface area (Å²) in [5.74, 6) is 5.19. The Balaban J connectivity index is 2.90. The standard InChI is InChI=1S/C11H19N3O4S2/c1-11(2,19(3,15)16)8-13-20(17,18)10-6-4-9(14-12)5-7-10/h4-7,13-14H,8,12H2,1-3H3. The number of nitrogen functional groups attached to an aromatic ring is 1. The summed E-state index contributed by atoms with van der Waals surface area (Å²) >= 11 is 0. The number of hydrazine groups is 1. The molecule has 1 aromatic carbocycles. The number of rotatable bonds is 6. The van der Waals surface area contributed by atoms with Crippen LogP contribution in [0.15, 0.2) is 29.2 Å². The van der Waals surface area contributed by atoms with Crippen LogP contribution in [-0.4, -0.2) is 34.4 Å². The summed E-state index contributed by atoms with van der Waals surface area (Å²) in [4.78, 5) is 0.0424. The maximum atomic E-state index is 12.0.